The molecule has 2 heteroatoms. The third-order valence-electron chi connectivity index (χ3n) is 4.11. The first-order chi connectivity index (χ1) is 8.01. The Balaban J connectivity index is 2.68. The van der Waals surface area contributed by atoms with Gasteiger partial charge in [-0.2, -0.15) is 0 Å². The van der Waals surface area contributed by atoms with Gasteiger partial charge in [-0.3, -0.25) is 4.79 Å². The molecule has 0 aromatic rings. The van der Waals surface area contributed by atoms with E-state index in [2.05, 4.69) is 27.7 Å². The highest BCUT2D eigenvalue weighted by molar-refractivity contribution is 5.81. The van der Waals surface area contributed by atoms with Gasteiger partial charge in [0.05, 0.1) is 12.2 Å². The molecule has 2 nitrogen and oxygen atoms in total. The van der Waals surface area contributed by atoms with E-state index in [0.717, 1.165) is 12.8 Å². The Morgan fingerprint density at radius 3 is 2.41 bits per heavy atom. The van der Waals surface area contributed by atoms with E-state index < -0.39 is 0 Å². The third-order valence-corrected chi connectivity index (χ3v) is 4.11. The summed E-state index contributed by atoms with van der Waals surface area (Å²) in [4.78, 5) is 11.9. The zero-order valence-corrected chi connectivity index (χ0v) is 12.0. The Kier molecular flexibility index (Phi) is 5.64. The van der Waals surface area contributed by atoms with Crippen LogP contribution in [0.5, 0.6) is 0 Å². The van der Waals surface area contributed by atoms with Crippen LogP contribution in [0, 0.1) is 17.8 Å². The first-order valence-corrected chi connectivity index (χ1v) is 7.19. The van der Waals surface area contributed by atoms with Crippen molar-refractivity contribution in [2.45, 2.75) is 72.5 Å². The van der Waals surface area contributed by atoms with Crippen LogP contribution in [0.25, 0.3) is 0 Å². The second-order valence-electron chi connectivity index (χ2n) is 5.77. The summed E-state index contributed by atoms with van der Waals surface area (Å²) in [6.07, 6.45) is 4.29. The van der Waals surface area contributed by atoms with Crippen LogP contribution in [0.1, 0.15) is 60.3 Å². The molecule has 0 spiro atoms. The molecule has 0 unspecified atom stereocenters. The molecule has 17 heavy (non-hydrogen) atoms. The zero-order valence-electron chi connectivity index (χ0n) is 12.0. The van der Waals surface area contributed by atoms with Crippen molar-refractivity contribution in [3.8, 4) is 0 Å². The molecule has 0 bridgehead atoms. The van der Waals surface area contributed by atoms with Crippen LogP contribution in [0.15, 0.2) is 0 Å². The van der Waals surface area contributed by atoms with Crippen molar-refractivity contribution in [3.05, 3.63) is 0 Å². The Morgan fingerprint density at radius 2 is 1.94 bits per heavy atom. The largest absolute Gasteiger partial charge is 0.374 e. The lowest BCUT2D eigenvalue weighted by Crippen LogP contribution is -2.42. The van der Waals surface area contributed by atoms with E-state index >= 15 is 0 Å². The van der Waals surface area contributed by atoms with Crippen molar-refractivity contribution >= 4 is 5.78 Å². The fourth-order valence-electron chi connectivity index (χ4n) is 3.07. The number of carbonyl (C=O) groups is 1. The van der Waals surface area contributed by atoms with E-state index in [1.54, 1.807) is 0 Å². The summed E-state index contributed by atoms with van der Waals surface area (Å²) in [5.74, 6) is 1.66. The van der Waals surface area contributed by atoms with Crippen LogP contribution < -0.4 is 0 Å². The quantitative estimate of drug-likeness (QED) is 0.730. The summed E-state index contributed by atoms with van der Waals surface area (Å²) in [7, 11) is 0. The van der Waals surface area contributed by atoms with E-state index in [1.807, 2.05) is 6.92 Å². The van der Waals surface area contributed by atoms with Crippen molar-refractivity contribution in [2.24, 2.45) is 17.8 Å². The van der Waals surface area contributed by atoms with Gasteiger partial charge < -0.3 is 4.74 Å². The fraction of sp³-hybridized carbons (Fsp3) is 0.933. The lowest BCUT2D eigenvalue weighted by Gasteiger charge is -2.40. The molecule has 0 aliphatic carbocycles. The van der Waals surface area contributed by atoms with Gasteiger partial charge in [0.1, 0.15) is 5.78 Å². The zero-order chi connectivity index (χ0) is 13.0. The number of rotatable bonds is 5. The molecule has 0 N–H and O–H groups in total. The van der Waals surface area contributed by atoms with E-state index in [4.69, 9.17) is 4.74 Å². The molecule has 100 valence electrons. The van der Waals surface area contributed by atoms with Gasteiger partial charge in [-0.05, 0) is 31.1 Å². The van der Waals surface area contributed by atoms with Crippen LogP contribution in [0.2, 0.25) is 0 Å². The molecule has 0 radical (unpaired) electrons. The average Bonchev–Trinajstić information content (AvgIpc) is 2.31. The molecule has 1 aliphatic heterocycles. The number of ketones is 1. The molecule has 0 saturated carbocycles. The standard InChI is InChI=1S/C15H28O2/c1-6-12(13(16)7-2)14-9-8-11(5)15(17-14)10(3)4/h10-12,14-15H,6-9H2,1-5H3/t11-,12-,14+,15-/m0/s1. The highest BCUT2D eigenvalue weighted by Gasteiger charge is 2.35. The predicted octanol–water partition coefficient (Wildman–Crippen LogP) is 3.83. The Hall–Kier alpha value is -0.370. The van der Waals surface area contributed by atoms with Gasteiger partial charge in [0.25, 0.3) is 0 Å². The normalized spacial score (nSPS) is 31.5. The highest BCUT2D eigenvalue weighted by Crippen LogP contribution is 2.33. The van der Waals surface area contributed by atoms with Gasteiger partial charge >= 0.3 is 0 Å². The molecule has 0 aromatic heterocycles. The molecule has 1 aliphatic rings. The molecule has 0 amide bonds. The number of Topliss-reactive ketones (excluding diaryl/α,β-unsaturated/α-hetero) is 1. The van der Waals surface area contributed by atoms with Crippen LogP contribution in [0.3, 0.4) is 0 Å². The summed E-state index contributed by atoms with van der Waals surface area (Å²) in [5.41, 5.74) is 0. The summed E-state index contributed by atoms with van der Waals surface area (Å²) in [6, 6.07) is 0. The molecular formula is C15H28O2. The van der Waals surface area contributed by atoms with Gasteiger partial charge in [0.15, 0.2) is 0 Å². The molecule has 4 atom stereocenters. The smallest absolute Gasteiger partial charge is 0.138 e. The summed E-state index contributed by atoms with van der Waals surface area (Å²) in [5, 5.41) is 0. The van der Waals surface area contributed by atoms with Crippen LogP contribution >= 0.6 is 0 Å². The minimum atomic E-state index is 0.119. The maximum absolute atomic E-state index is 11.9. The van der Waals surface area contributed by atoms with Crippen LogP contribution in [-0.4, -0.2) is 18.0 Å². The van der Waals surface area contributed by atoms with Gasteiger partial charge in [0.2, 0.25) is 0 Å². The van der Waals surface area contributed by atoms with Crippen molar-refractivity contribution in [2.75, 3.05) is 0 Å². The number of ether oxygens (including phenoxy) is 1. The van der Waals surface area contributed by atoms with Gasteiger partial charge in [-0.1, -0.05) is 34.6 Å². The van der Waals surface area contributed by atoms with E-state index in [1.165, 1.54) is 6.42 Å². The topological polar surface area (TPSA) is 26.3 Å². The summed E-state index contributed by atoms with van der Waals surface area (Å²) in [6.45, 7) is 10.8. The molecule has 1 saturated heterocycles. The van der Waals surface area contributed by atoms with Crippen molar-refractivity contribution in [1.29, 1.82) is 0 Å². The third kappa shape index (κ3) is 3.54. The maximum atomic E-state index is 11.9. The monoisotopic (exact) mass is 240 g/mol. The van der Waals surface area contributed by atoms with E-state index in [9.17, 15) is 4.79 Å². The minimum absolute atomic E-state index is 0.119. The van der Waals surface area contributed by atoms with Crippen LogP contribution in [0.4, 0.5) is 0 Å². The summed E-state index contributed by atoms with van der Waals surface area (Å²) < 4.78 is 6.22. The van der Waals surface area contributed by atoms with Gasteiger partial charge in [-0.25, -0.2) is 0 Å². The summed E-state index contributed by atoms with van der Waals surface area (Å²) >= 11 is 0. The molecule has 1 fully saturated rings. The Morgan fingerprint density at radius 1 is 1.29 bits per heavy atom. The number of carbonyl (C=O) groups excluding carboxylic acids is 1. The number of hydrogen-bond acceptors (Lipinski definition) is 2. The molecular weight excluding hydrogens is 212 g/mol. The molecule has 1 heterocycles. The molecule has 0 aromatic carbocycles. The van der Waals surface area contributed by atoms with E-state index in [-0.39, 0.29) is 12.0 Å². The SMILES string of the molecule is CCC(=O)[C@H](CC)[C@H]1CC[C@H](C)[C@H](C(C)C)O1. The number of hydrogen-bond donors (Lipinski definition) is 0. The fourth-order valence-corrected chi connectivity index (χ4v) is 3.07. The van der Waals surface area contributed by atoms with E-state index in [0.29, 0.717) is 30.1 Å². The second kappa shape index (κ2) is 6.53. The highest BCUT2D eigenvalue weighted by atomic mass is 16.5. The first kappa shape index (κ1) is 14.7. The minimum Gasteiger partial charge on any atom is -0.374 e. The van der Waals surface area contributed by atoms with Crippen LogP contribution in [-0.2, 0) is 9.53 Å². The van der Waals surface area contributed by atoms with Crippen molar-refractivity contribution in [1.82, 2.24) is 0 Å². The van der Waals surface area contributed by atoms with Crippen molar-refractivity contribution < 1.29 is 9.53 Å². The van der Waals surface area contributed by atoms with Gasteiger partial charge in [0, 0.05) is 12.3 Å². The van der Waals surface area contributed by atoms with Gasteiger partial charge in [-0.15, -0.1) is 0 Å². The lowest BCUT2D eigenvalue weighted by molar-refractivity contribution is -0.145. The lowest BCUT2D eigenvalue weighted by atomic mass is 9.82. The van der Waals surface area contributed by atoms with Crippen molar-refractivity contribution in [3.63, 3.8) is 0 Å². The first-order valence-electron chi connectivity index (χ1n) is 7.19. The predicted molar refractivity (Wildman–Crippen MR) is 71.0 cm³/mol. The Bertz CT molecular complexity index is 247. The molecule has 1 rings (SSSR count). The Labute approximate surface area is 106 Å². The maximum Gasteiger partial charge on any atom is 0.138 e. The second-order valence-corrected chi connectivity index (χ2v) is 5.77. The average molecular weight is 240 g/mol.